The Hall–Kier alpha value is -1.53. The summed E-state index contributed by atoms with van der Waals surface area (Å²) in [6.07, 6.45) is 3.62. The molecule has 1 heterocycles. The topological polar surface area (TPSA) is 41.6 Å². The van der Waals surface area contributed by atoms with Gasteiger partial charge in [0, 0.05) is 6.04 Å². The smallest absolute Gasteiger partial charge is 0.125 e. The van der Waals surface area contributed by atoms with Crippen LogP contribution < -0.4 is 0 Å². The van der Waals surface area contributed by atoms with Crippen molar-refractivity contribution in [2.24, 2.45) is 11.8 Å². The number of hydrogen-bond donors (Lipinski definition) is 0. The lowest BCUT2D eigenvalue weighted by atomic mass is 9.80. The number of fused-ring (bicyclic) bond motifs is 1. The first-order valence-corrected chi connectivity index (χ1v) is 8.13. The Morgan fingerprint density at radius 2 is 2.00 bits per heavy atom. The molecule has 21 heavy (non-hydrogen) atoms. The molecule has 2 unspecified atom stereocenters. The van der Waals surface area contributed by atoms with Crippen LogP contribution in [0.1, 0.15) is 50.5 Å². The van der Waals surface area contributed by atoms with Crippen molar-refractivity contribution in [3.8, 4) is 6.07 Å². The molecule has 0 spiro atoms. The maximum absolute atomic E-state index is 9.27. The molecule has 0 N–H and O–H groups in total. The zero-order chi connectivity index (χ0) is 15.0. The molecule has 1 aromatic carbocycles. The van der Waals surface area contributed by atoms with Gasteiger partial charge in [-0.05, 0) is 43.2 Å². The van der Waals surface area contributed by atoms with Gasteiger partial charge in [0.05, 0.1) is 17.0 Å². The third kappa shape index (κ3) is 2.53. The van der Waals surface area contributed by atoms with E-state index in [4.69, 9.17) is 11.6 Å². The molecule has 1 saturated carbocycles. The normalized spacial score (nSPS) is 25.9. The van der Waals surface area contributed by atoms with Crippen molar-refractivity contribution >= 4 is 22.6 Å². The van der Waals surface area contributed by atoms with Gasteiger partial charge in [0.2, 0.25) is 0 Å². The van der Waals surface area contributed by atoms with Gasteiger partial charge in [-0.1, -0.05) is 19.9 Å². The van der Waals surface area contributed by atoms with Crippen LogP contribution in [0, 0.1) is 23.2 Å². The summed E-state index contributed by atoms with van der Waals surface area (Å²) in [5, 5.41) is 9.27. The molecule has 2 aromatic rings. The van der Waals surface area contributed by atoms with Crippen LogP contribution in [0.3, 0.4) is 0 Å². The molecule has 0 radical (unpaired) electrons. The maximum Gasteiger partial charge on any atom is 0.125 e. The van der Waals surface area contributed by atoms with Gasteiger partial charge < -0.3 is 4.57 Å². The van der Waals surface area contributed by atoms with E-state index in [0.717, 1.165) is 41.5 Å². The second kappa shape index (κ2) is 5.69. The number of nitrogens with zero attached hydrogens (tertiary/aromatic N) is 3. The molecule has 3 nitrogen and oxygen atoms in total. The van der Waals surface area contributed by atoms with Crippen molar-refractivity contribution in [3.63, 3.8) is 0 Å². The molecule has 1 aromatic heterocycles. The average Bonchev–Trinajstić information content (AvgIpc) is 2.84. The van der Waals surface area contributed by atoms with Crippen LogP contribution in [-0.4, -0.2) is 9.55 Å². The number of rotatable bonds is 2. The molecule has 1 aliphatic rings. The van der Waals surface area contributed by atoms with Gasteiger partial charge >= 0.3 is 0 Å². The fourth-order valence-corrected chi connectivity index (χ4v) is 4.06. The standard InChI is InChI=1S/C17H20ClN3/c1-11-6-12(2)8-14(7-11)21-15-5-3-4-13(10-19)17(15)20-16(21)9-18/h3-5,11-12,14H,6-9H2,1-2H3. The molecular weight excluding hydrogens is 282 g/mol. The van der Waals surface area contributed by atoms with Crippen molar-refractivity contribution < 1.29 is 0 Å². The first-order valence-electron chi connectivity index (χ1n) is 7.60. The highest BCUT2D eigenvalue weighted by molar-refractivity contribution is 6.16. The molecule has 3 rings (SSSR count). The van der Waals surface area contributed by atoms with Gasteiger partial charge in [0.15, 0.2) is 0 Å². The van der Waals surface area contributed by atoms with E-state index >= 15 is 0 Å². The van der Waals surface area contributed by atoms with Crippen LogP contribution in [0.4, 0.5) is 0 Å². The number of alkyl halides is 1. The Morgan fingerprint density at radius 3 is 2.62 bits per heavy atom. The number of hydrogen-bond acceptors (Lipinski definition) is 2. The molecule has 0 amide bonds. The first-order chi connectivity index (χ1) is 10.1. The second-order valence-corrected chi connectivity index (χ2v) is 6.66. The third-order valence-corrected chi connectivity index (χ3v) is 4.79. The van der Waals surface area contributed by atoms with Gasteiger partial charge in [0.1, 0.15) is 17.4 Å². The van der Waals surface area contributed by atoms with Crippen molar-refractivity contribution in [3.05, 3.63) is 29.6 Å². The summed E-state index contributed by atoms with van der Waals surface area (Å²) < 4.78 is 2.29. The van der Waals surface area contributed by atoms with Crippen LogP contribution in [0.2, 0.25) is 0 Å². The molecule has 1 fully saturated rings. The lowest BCUT2D eigenvalue weighted by Gasteiger charge is -2.33. The highest BCUT2D eigenvalue weighted by Gasteiger charge is 2.28. The minimum atomic E-state index is 0.388. The van der Waals surface area contributed by atoms with Crippen LogP contribution >= 0.6 is 11.6 Å². The Kier molecular flexibility index (Phi) is 3.91. The van der Waals surface area contributed by atoms with Crippen molar-refractivity contribution in [1.82, 2.24) is 9.55 Å². The number of benzene rings is 1. The number of nitriles is 1. The molecule has 110 valence electrons. The monoisotopic (exact) mass is 301 g/mol. The van der Waals surface area contributed by atoms with Crippen molar-refractivity contribution in [2.45, 2.75) is 45.0 Å². The zero-order valence-corrected chi connectivity index (χ0v) is 13.3. The number of imidazole rings is 1. The largest absolute Gasteiger partial charge is 0.324 e. The van der Waals surface area contributed by atoms with E-state index in [2.05, 4.69) is 35.5 Å². The minimum absolute atomic E-state index is 0.388. The summed E-state index contributed by atoms with van der Waals surface area (Å²) in [5.41, 5.74) is 2.48. The van der Waals surface area contributed by atoms with Gasteiger partial charge in [-0.2, -0.15) is 5.26 Å². The number of aromatic nitrogens is 2. The summed E-state index contributed by atoms with van der Waals surface area (Å²) >= 11 is 6.12. The Morgan fingerprint density at radius 1 is 1.29 bits per heavy atom. The summed E-state index contributed by atoms with van der Waals surface area (Å²) in [4.78, 5) is 4.64. The molecule has 4 heteroatoms. The van der Waals surface area contributed by atoms with E-state index in [0.29, 0.717) is 17.5 Å². The van der Waals surface area contributed by atoms with Gasteiger partial charge in [-0.25, -0.2) is 4.98 Å². The van der Waals surface area contributed by atoms with E-state index in [1.54, 1.807) is 0 Å². The van der Waals surface area contributed by atoms with E-state index in [1.165, 1.54) is 6.42 Å². The van der Waals surface area contributed by atoms with E-state index in [9.17, 15) is 5.26 Å². The first kappa shape index (κ1) is 14.4. The zero-order valence-electron chi connectivity index (χ0n) is 12.5. The summed E-state index contributed by atoms with van der Waals surface area (Å²) in [7, 11) is 0. The lowest BCUT2D eigenvalue weighted by molar-refractivity contribution is 0.222. The second-order valence-electron chi connectivity index (χ2n) is 6.39. The van der Waals surface area contributed by atoms with Crippen LogP contribution in [0.5, 0.6) is 0 Å². The highest BCUT2D eigenvalue weighted by atomic mass is 35.5. The summed E-state index contributed by atoms with van der Waals surface area (Å²) in [6.45, 7) is 4.64. The van der Waals surface area contributed by atoms with Crippen LogP contribution in [-0.2, 0) is 5.88 Å². The van der Waals surface area contributed by atoms with Gasteiger partial charge in [-0.3, -0.25) is 0 Å². The summed E-state index contributed by atoms with van der Waals surface area (Å²) in [6, 6.07) is 8.50. The predicted octanol–water partition coefficient (Wildman–Crippen LogP) is 4.64. The molecule has 0 bridgehead atoms. The predicted molar refractivity (Wildman–Crippen MR) is 85.2 cm³/mol. The molecule has 0 aliphatic heterocycles. The Bertz CT molecular complexity index is 688. The van der Waals surface area contributed by atoms with Gasteiger partial charge in [0.25, 0.3) is 0 Å². The Labute approximate surface area is 130 Å². The molecule has 2 atom stereocenters. The van der Waals surface area contributed by atoms with E-state index < -0.39 is 0 Å². The number of para-hydroxylation sites is 1. The third-order valence-electron chi connectivity index (χ3n) is 4.55. The van der Waals surface area contributed by atoms with Crippen LogP contribution in [0.15, 0.2) is 18.2 Å². The molecule has 1 aliphatic carbocycles. The fraction of sp³-hybridized carbons (Fsp3) is 0.529. The van der Waals surface area contributed by atoms with Crippen molar-refractivity contribution in [1.29, 1.82) is 5.26 Å². The summed E-state index contributed by atoms with van der Waals surface area (Å²) in [5.74, 6) is 2.72. The van der Waals surface area contributed by atoms with E-state index in [-0.39, 0.29) is 0 Å². The highest BCUT2D eigenvalue weighted by Crippen LogP contribution is 2.38. The SMILES string of the molecule is CC1CC(C)CC(n2c(CCl)nc3c(C#N)cccc32)C1. The molecule has 0 saturated heterocycles. The average molecular weight is 302 g/mol. The Balaban J connectivity index is 2.15. The van der Waals surface area contributed by atoms with Gasteiger partial charge in [-0.15, -0.1) is 11.6 Å². The maximum atomic E-state index is 9.27. The fourth-order valence-electron chi connectivity index (χ4n) is 3.87. The molecular formula is C17H20ClN3. The number of halogens is 1. The minimum Gasteiger partial charge on any atom is -0.324 e. The quantitative estimate of drug-likeness (QED) is 0.758. The van der Waals surface area contributed by atoms with Crippen LogP contribution in [0.25, 0.3) is 11.0 Å². The van der Waals surface area contributed by atoms with Crippen molar-refractivity contribution in [2.75, 3.05) is 0 Å². The lowest BCUT2D eigenvalue weighted by Crippen LogP contribution is -2.23. The van der Waals surface area contributed by atoms with E-state index in [1.807, 2.05) is 12.1 Å².